The molecule has 0 bridgehead atoms. The van der Waals surface area contributed by atoms with Gasteiger partial charge >= 0.3 is 0 Å². The van der Waals surface area contributed by atoms with Gasteiger partial charge in [-0.2, -0.15) is 0 Å². The number of nitrogens with one attached hydrogen (secondary N) is 1. The first-order valence-corrected chi connectivity index (χ1v) is 7.69. The van der Waals surface area contributed by atoms with Crippen molar-refractivity contribution in [3.8, 4) is 0 Å². The van der Waals surface area contributed by atoms with Gasteiger partial charge in [0.1, 0.15) is 0 Å². The molecule has 3 rings (SSSR count). The number of carbonyl (C=O) groups excluding carboxylic acids is 1. The Morgan fingerprint density at radius 2 is 2.38 bits per heavy atom. The summed E-state index contributed by atoms with van der Waals surface area (Å²) in [6, 6.07) is 6.05. The molecule has 1 saturated heterocycles. The molecule has 0 saturated carbocycles. The lowest BCUT2D eigenvalue weighted by Gasteiger charge is -2.29. The van der Waals surface area contributed by atoms with Gasteiger partial charge in [0.25, 0.3) is 0 Å². The second-order valence-electron chi connectivity index (χ2n) is 5.88. The normalized spacial score (nSPS) is 22.0. The van der Waals surface area contributed by atoms with Crippen molar-refractivity contribution < 1.29 is 9.53 Å². The molecule has 0 aliphatic carbocycles. The van der Waals surface area contributed by atoms with Gasteiger partial charge in [0.05, 0.1) is 12.6 Å². The highest BCUT2D eigenvalue weighted by molar-refractivity contribution is 5.78. The molecule has 0 radical (unpaired) electrons. The molecular weight excluding hydrogens is 266 g/mol. The van der Waals surface area contributed by atoms with Gasteiger partial charge in [0.15, 0.2) is 0 Å². The van der Waals surface area contributed by atoms with Crippen molar-refractivity contribution in [3.63, 3.8) is 0 Å². The molecule has 2 aliphatic heterocycles. The third kappa shape index (κ3) is 3.54. The third-order valence-electron chi connectivity index (χ3n) is 4.31. The van der Waals surface area contributed by atoms with E-state index in [9.17, 15) is 4.79 Å². The third-order valence-corrected chi connectivity index (χ3v) is 4.31. The van der Waals surface area contributed by atoms with E-state index in [2.05, 4.69) is 16.3 Å². The van der Waals surface area contributed by atoms with Gasteiger partial charge in [-0.25, -0.2) is 0 Å². The highest BCUT2D eigenvalue weighted by Crippen LogP contribution is 2.23. The summed E-state index contributed by atoms with van der Waals surface area (Å²) < 4.78 is 5.51. The van der Waals surface area contributed by atoms with Crippen molar-refractivity contribution in [3.05, 3.63) is 29.3 Å². The predicted molar refractivity (Wildman–Crippen MR) is 81.8 cm³/mol. The Hall–Kier alpha value is -1.59. The molecule has 3 N–H and O–H groups in total. The minimum atomic E-state index is 0.0726. The molecule has 2 heterocycles. The smallest absolute Gasteiger partial charge is 0.234 e. The van der Waals surface area contributed by atoms with E-state index in [1.807, 2.05) is 12.1 Å². The first-order valence-electron chi connectivity index (χ1n) is 7.69. The average Bonchev–Trinajstić information content (AvgIpc) is 2.99. The molecule has 0 spiro atoms. The minimum Gasteiger partial charge on any atom is -0.398 e. The summed E-state index contributed by atoms with van der Waals surface area (Å²) in [5.74, 6) is 0.0726. The number of fused-ring (bicyclic) bond motifs is 1. The van der Waals surface area contributed by atoms with Crippen LogP contribution in [0.25, 0.3) is 0 Å². The van der Waals surface area contributed by atoms with Gasteiger partial charge in [0, 0.05) is 31.9 Å². The van der Waals surface area contributed by atoms with Crippen molar-refractivity contribution in [2.45, 2.75) is 31.9 Å². The molecule has 1 aromatic rings. The Morgan fingerprint density at radius 1 is 1.48 bits per heavy atom. The number of benzene rings is 1. The minimum absolute atomic E-state index is 0.0726. The van der Waals surface area contributed by atoms with Crippen LogP contribution in [0.3, 0.4) is 0 Å². The van der Waals surface area contributed by atoms with Gasteiger partial charge in [-0.15, -0.1) is 0 Å². The maximum absolute atomic E-state index is 12.0. The Morgan fingerprint density at radius 3 is 3.19 bits per heavy atom. The molecule has 114 valence electrons. The van der Waals surface area contributed by atoms with Crippen LogP contribution in [0.15, 0.2) is 18.2 Å². The first-order chi connectivity index (χ1) is 10.2. The standard InChI is InChI=1S/C16H23N3O2/c17-15-5-1-3-12-6-7-19(10-14(12)15)11-16(20)18-9-13-4-2-8-21-13/h1,3,5,13H,2,4,6-11,17H2,(H,18,20). The highest BCUT2D eigenvalue weighted by atomic mass is 16.5. The maximum atomic E-state index is 12.0. The van der Waals surface area contributed by atoms with Gasteiger partial charge in [-0.1, -0.05) is 12.1 Å². The number of anilines is 1. The molecule has 5 nitrogen and oxygen atoms in total. The van der Waals surface area contributed by atoms with Gasteiger partial charge in [-0.05, 0) is 36.5 Å². The van der Waals surface area contributed by atoms with Crippen LogP contribution in [0, 0.1) is 0 Å². The Labute approximate surface area is 125 Å². The lowest BCUT2D eigenvalue weighted by molar-refractivity contribution is -0.123. The molecule has 1 fully saturated rings. The van der Waals surface area contributed by atoms with Crippen molar-refractivity contribution in [2.75, 3.05) is 32.0 Å². The van der Waals surface area contributed by atoms with E-state index in [1.165, 1.54) is 11.1 Å². The second kappa shape index (κ2) is 6.45. The van der Waals surface area contributed by atoms with Crippen LogP contribution in [0.4, 0.5) is 5.69 Å². The van der Waals surface area contributed by atoms with E-state index < -0.39 is 0 Å². The average molecular weight is 289 g/mol. The number of carbonyl (C=O) groups is 1. The number of hydrogen-bond donors (Lipinski definition) is 2. The van der Waals surface area contributed by atoms with Gasteiger partial charge in [0.2, 0.25) is 5.91 Å². The van der Waals surface area contributed by atoms with Crippen molar-refractivity contribution >= 4 is 11.6 Å². The Kier molecular flexibility index (Phi) is 4.41. The van der Waals surface area contributed by atoms with Crippen LogP contribution < -0.4 is 11.1 Å². The fraction of sp³-hybridized carbons (Fsp3) is 0.562. The van der Waals surface area contributed by atoms with Crippen LogP contribution in [0.1, 0.15) is 24.0 Å². The monoisotopic (exact) mass is 289 g/mol. The van der Waals surface area contributed by atoms with E-state index in [0.29, 0.717) is 13.1 Å². The lowest BCUT2D eigenvalue weighted by Crippen LogP contribution is -2.42. The van der Waals surface area contributed by atoms with Crippen LogP contribution in [-0.4, -0.2) is 43.2 Å². The molecule has 1 unspecified atom stereocenters. The summed E-state index contributed by atoms with van der Waals surface area (Å²) >= 11 is 0. The number of hydrogen-bond acceptors (Lipinski definition) is 4. The molecule has 1 amide bonds. The zero-order chi connectivity index (χ0) is 14.7. The molecule has 1 atom stereocenters. The highest BCUT2D eigenvalue weighted by Gasteiger charge is 2.21. The fourth-order valence-corrected chi connectivity index (χ4v) is 3.09. The number of amides is 1. The summed E-state index contributed by atoms with van der Waals surface area (Å²) in [6.07, 6.45) is 3.31. The van der Waals surface area contributed by atoms with Crippen LogP contribution >= 0.6 is 0 Å². The summed E-state index contributed by atoms with van der Waals surface area (Å²) in [6.45, 7) is 3.55. The Bertz CT molecular complexity index is 512. The Balaban J connectivity index is 1.49. The van der Waals surface area contributed by atoms with Crippen molar-refractivity contribution in [2.24, 2.45) is 0 Å². The zero-order valence-electron chi connectivity index (χ0n) is 12.3. The molecule has 1 aromatic carbocycles. The van der Waals surface area contributed by atoms with Crippen LogP contribution in [-0.2, 0) is 22.5 Å². The van der Waals surface area contributed by atoms with E-state index >= 15 is 0 Å². The van der Waals surface area contributed by atoms with Gasteiger partial charge < -0.3 is 15.8 Å². The molecular formula is C16H23N3O2. The van der Waals surface area contributed by atoms with Crippen LogP contribution in [0.5, 0.6) is 0 Å². The number of rotatable bonds is 4. The quantitative estimate of drug-likeness (QED) is 0.809. The topological polar surface area (TPSA) is 67.6 Å². The number of ether oxygens (including phenoxy) is 1. The van der Waals surface area contributed by atoms with E-state index in [1.54, 1.807) is 0 Å². The molecule has 0 aromatic heterocycles. The maximum Gasteiger partial charge on any atom is 0.234 e. The summed E-state index contributed by atoms with van der Waals surface area (Å²) in [5.41, 5.74) is 9.35. The molecule has 21 heavy (non-hydrogen) atoms. The van der Waals surface area contributed by atoms with Crippen molar-refractivity contribution in [1.82, 2.24) is 10.2 Å². The number of nitrogen functional groups attached to an aromatic ring is 1. The first kappa shape index (κ1) is 14.4. The molecule has 2 aliphatic rings. The molecule has 5 heteroatoms. The summed E-state index contributed by atoms with van der Waals surface area (Å²) in [5, 5.41) is 2.97. The fourth-order valence-electron chi connectivity index (χ4n) is 3.09. The van der Waals surface area contributed by atoms with E-state index in [4.69, 9.17) is 10.5 Å². The zero-order valence-corrected chi connectivity index (χ0v) is 12.3. The van der Waals surface area contributed by atoms with E-state index in [0.717, 1.165) is 44.6 Å². The van der Waals surface area contributed by atoms with Crippen LogP contribution in [0.2, 0.25) is 0 Å². The summed E-state index contributed by atoms with van der Waals surface area (Å²) in [4.78, 5) is 14.2. The largest absolute Gasteiger partial charge is 0.398 e. The predicted octanol–water partition coefficient (Wildman–Crippen LogP) is 0.922. The van der Waals surface area contributed by atoms with Crippen molar-refractivity contribution in [1.29, 1.82) is 0 Å². The number of nitrogens with two attached hydrogens (primary N) is 1. The SMILES string of the molecule is Nc1cccc2c1CN(CC(=O)NCC1CCCO1)CC2. The lowest BCUT2D eigenvalue weighted by atomic mass is 9.98. The van der Waals surface area contributed by atoms with Gasteiger partial charge in [-0.3, -0.25) is 9.69 Å². The second-order valence-corrected chi connectivity index (χ2v) is 5.88. The van der Waals surface area contributed by atoms with E-state index in [-0.39, 0.29) is 12.0 Å². The number of nitrogens with zero attached hydrogens (tertiary/aromatic N) is 1. The summed E-state index contributed by atoms with van der Waals surface area (Å²) in [7, 11) is 0.